The minimum atomic E-state index is -0.942. The summed E-state index contributed by atoms with van der Waals surface area (Å²) in [6.07, 6.45) is 17.5. The SMILES string of the molecule is C=C/C=C(\C=C)C(N=C)C(N=CN(CCCCOCC(=O)O)C(C)C)C1=CCCC=C1. The van der Waals surface area contributed by atoms with Crippen LogP contribution < -0.4 is 0 Å². The molecule has 0 aromatic rings. The van der Waals surface area contributed by atoms with Crippen LogP contribution in [0.15, 0.2) is 70.7 Å². The molecule has 0 saturated heterocycles. The van der Waals surface area contributed by atoms with Crippen LogP contribution in [0.2, 0.25) is 0 Å². The van der Waals surface area contributed by atoms with Crippen molar-refractivity contribution in [2.24, 2.45) is 9.98 Å². The molecule has 2 unspecified atom stereocenters. The van der Waals surface area contributed by atoms with Crippen LogP contribution in [0.3, 0.4) is 0 Å². The second kappa shape index (κ2) is 15.1. The number of rotatable bonds is 16. The fourth-order valence-electron chi connectivity index (χ4n) is 3.28. The maximum absolute atomic E-state index is 10.5. The van der Waals surface area contributed by atoms with Crippen LogP contribution in [-0.2, 0) is 9.53 Å². The number of nitrogens with zero attached hydrogens (tertiary/aromatic N) is 3. The average Bonchev–Trinajstić information content (AvgIpc) is 2.76. The second-order valence-electron chi connectivity index (χ2n) is 7.61. The average molecular weight is 428 g/mol. The van der Waals surface area contributed by atoms with Crippen molar-refractivity contribution >= 4 is 19.0 Å². The molecule has 2 atom stereocenters. The van der Waals surface area contributed by atoms with Gasteiger partial charge in [0.2, 0.25) is 0 Å². The Hall–Kier alpha value is -2.73. The van der Waals surface area contributed by atoms with Gasteiger partial charge < -0.3 is 14.7 Å². The first-order chi connectivity index (χ1) is 14.9. The number of carboxylic acid groups (broad SMARTS) is 1. The smallest absolute Gasteiger partial charge is 0.329 e. The van der Waals surface area contributed by atoms with Gasteiger partial charge in [-0.2, -0.15) is 0 Å². The molecule has 1 N–H and O–H groups in total. The number of carboxylic acids is 1. The van der Waals surface area contributed by atoms with E-state index < -0.39 is 5.97 Å². The van der Waals surface area contributed by atoms with Crippen molar-refractivity contribution in [2.75, 3.05) is 19.8 Å². The van der Waals surface area contributed by atoms with E-state index in [-0.39, 0.29) is 24.7 Å². The van der Waals surface area contributed by atoms with Gasteiger partial charge in [-0.1, -0.05) is 49.6 Å². The normalized spacial score (nSPS) is 16.1. The Bertz CT molecular complexity index is 720. The van der Waals surface area contributed by atoms with Gasteiger partial charge in [-0.15, -0.1) is 0 Å². The Morgan fingerprint density at radius 3 is 2.65 bits per heavy atom. The lowest BCUT2D eigenvalue weighted by molar-refractivity contribution is -0.142. The summed E-state index contributed by atoms with van der Waals surface area (Å²) in [5, 5.41) is 8.63. The fourth-order valence-corrected chi connectivity index (χ4v) is 3.28. The van der Waals surface area contributed by atoms with Crippen molar-refractivity contribution in [3.8, 4) is 0 Å². The predicted molar refractivity (Wildman–Crippen MR) is 130 cm³/mol. The van der Waals surface area contributed by atoms with Gasteiger partial charge in [0, 0.05) is 19.2 Å². The first kappa shape index (κ1) is 26.3. The molecule has 0 radical (unpaired) electrons. The number of aliphatic carboxylic acids is 1. The lowest BCUT2D eigenvalue weighted by atomic mass is 9.90. The van der Waals surface area contributed by atoms with Crippen LogP contribution >= 0.6 is 0 Å². The third kappa shape index (κ3) is 9.75. The van der Waals surface area contributed by atoms with E-state index in [4.69, 9.17) is 14.8 Å². The van der Waals surface area contributed by atoms with Crippen LogP contribution in [0.1, 0.15) is 39.5 Å². The van der Waals surface area contributed by atoms with E-state index in [1.807, 2.05) is 12.4 Å². The highest BCUT2D eigenvalue weighted by Crippen LogP contribution is 2.25. The summed E-state index contributed by atoms with van der Waals surface area (Å²) in [7, 11) is 0. The largest absolute Gasteiger partial charge is 0.480 e. The molecule has 1 rings (SSSR count). The van der Waals surface area contributed by atoms with Crippen LogP contribution in [-0.4, -0.2) is 66.9 Å². The zero-order chi connectivity index (χ0) is 23.1. The molecule has 31 heavy (non-hydrogen) atoms. The minimum absolute atomic E-state index is 0.196. The molecule has 0 heterocycles. The summed E-state index contributed by atoms with van der Waals surface area (Å²) in [5.74, 6) is -0.942. The highest BCUT2D eigenvalue weighted by Gasteiger charge is 2.25. The van der Waals surface area contributed by atoms with Crippen LogP contribution in [0.4, 0.5) is 0 Å². The Kier molecular flexibility index (Phi) is 12.8. The molecule has 0 saturated carbocycles. The molecule has 0 fully saturated rings. The minimum Gasteiger partial charge on any atom is -0.480 e. The first-order valence-corrected chi connectivity index (χ1v) is 10.8. The summed E-state index contributed by atoms with van der Waals surface area (Å²) >= 11 is 0. The Labute approximate surface area is 187 Å². The molecule has 1 aliphatic rings. The van der Waals surface area contributed by atoms with E-state index in [0.717, 1.165) is 43.4 Å². The number of hydrogen-bond acceptors (Lipinski definition) is 4. The van der Waals surface area contributed by atoms with Gasteiger partial charge in [0.05, 0.1) is 6.34 Å². The zero-order valence-electron chi connectivity index (χ0n) is 18.9. The van der Waals surface area contributed by atoms with E-state index in [9.17, 15) is 4.79 Å². The van der Waals surface area contributed by atoms with E-state index >= 15 is 0 Å². The summed E-state index contributed by atoms with van der Waals surface area (Å²) < 4.78 is 5.11. The summed E-state index contributed by atoms with van der Waals surface area (Å²) in [5.41, 5.74) is 2.06. The number of carbonyl (C=O) groups is 1. The van der Waals surface area contributed by atoms with Gasteiger partial charge in [-0.25, -0.2) is 4.79 Å². The number of ether oxygens (including phenoxy) is 1. The quantitative estimate of drug-likeness (QED) is 0.169. The predicted octanol–water partition coefficient (Wildman–Crippen LogP) is 4.62. The standard InChI is InChI=1S/C25H37N3O3/c1-6-13-21(7-2)24(26-5)25(22-14-9-8-10-15-22)27-19-28(20(3)4)16-11-12-17-31-18-23(29)30/h6-7,9,13-15,19-20,24-25H,1-2,5,8,10-12,16-18H2,3-4H3,(H,29,30)/b21-13+,27-19?. The third-order valence-corrected chi connectivity index (χ3v) is 4.97. The van der Waals surface area contributed by atoms with Crippen LogP contribution in [0.25, 0.3) is 0 Å². The molecule has 6 heteroatoms. The Balaban J connectivity index is 2.94. The van der Waals surface area contributed by atoms with Crippen molar-refractivity contribution in [3.05, 3.63) is 60.8 Å². The molecular formula is C25H37N3O3. The van der Waals surface area contributed by atoms with Gasteiger partial charge in [-0.3, -0.25) is 9.98 Å². The maximum atomic E-state index is 10.5. The Morgan fingerprint density at radius 2 is 2.10 bits per heavy atom. The molecule has 0 amide bonds. The lowest BCUT2D eigenvalue weighted by Crippen LogP contribution is -2.33. The zero-order valence-corrected chi connectivity index (χ0v) is 18.9. The second-order valence-corrected chi connectivity index (χ2v) is 7.61. The molecule has 0 aromatic heterocycles. The number of hydrogen-bond donors (Lipinski definition) is 1. The summed E-state index contributed by atoms with van der Waals surface area (Å²) in [6, 6.07) is -0.171. The van der Waals surface area contributed by atoms with Gasteiger partial charge in [0.15, 0.2) is 0 Å². The molecule has 0 aromatic carbocycles. The molecule has 6 nitrogen and oxygen atoms in total. The van der Waals surface area contributed by atoms with E-state index in [1.54, 1.807) is 12.2 Å². The van der Waals surface area contributed by atoms with Crippen molar-refractivity contribution in [3.63, 3.8) is 0 Å². The van der Waals surface area contributed by atoms with Crippen molar-refractivity contribution in [1.29, 1.82) is 0 Å². The van der Waals surface area contributed by atoms with Gasteiger partial charge in [0.25, 0.3) is 0 Å². The van der Waals surface area contributed by atoms with Gasteiger partial charge >= 0.3 is 5.97 Å². The molecule has 0 bridgehead atoms. The first-order valence-electron chi connectivity index (χ1n) is 10.8. The maximum Gasteiger partial charge on any atom is 0.329 e. The van der Waals surface area contributed by atoms with E-state index in [2.05, 4.69) is 61.8 Å². The Morgan fingerprint density at radius 1 is 1.32 bits per heavy atom. The topological polar surface area (TPSA) is 74.5 Å². The number of aliphatic imine (C=N–C) groups is 2. The number of allylic oxidation sites excluding steroid dienone is 4. The van der Waals surface area contributed by atoms with Crippen molar-refractivity contribution in [1.82, 2.24) is 4.90 Å². The fraction of sp³-hybridized carbons (Fsp3) is 0.480. The number of unbranched alkanes of at least 4 members (excludes halogenated alkanes) is 1. The van der Waals surface area contributed by atoms with E-state index in [0.29, 0.717) is 6.61 Å². The van der Waals surface area contributed by atoms with E-state index in [1.165, 1.54) is 0 Å². The van der Waals surface area contributed by atoms with Crippen LogP contribution in [0, 0.1) is 0 Å². The van der Waals surface area contributed by atoms with Gasteiger partial charge in [-0.05, 0) is 57.4 Å². The summed E-state index contributed by atoms with van der Waals surface area (Å²) in [4.78, 5) is 22.0. The molecule has 1 aliphatic carbocycles. The van der Waals surface area contributed by atoms with Gasteiger partial charge in [0.1, 0.15) is 18.7 Å². The van der Waals surface area contributed by atoms with Crippen molar-refractivity contribution in [2.45, 2.75) is 57.7 Å². The monoisotopic (exact) mass is 427 g/mol. The molecule has 170 valence electrons. The molecular weight excluding hydrogens is 390 g/mol. The molecule has 0 spiro atoms. The lowest BCUT2D eigenvalue weighted by Gasteiger charge is -2.28. The summed E-state index contributed by atoms with van der Waals surface area (Å²) in [6.45, 7) is 16.8. The highest BCUT2D eigenvalue weighted by atomic mass is 16.5. The van der Waals surface area contributed by atoms with Crippen molar-refractivity contribution < 1.29 is 14.6 Å². The highest BCUT2D eigenvalue weighted by molar-refractivity contribution is 5.68. The molecule has 0 aliphatic heterocycles. The third-order valence-electron chi connectivity index (χ3n) is 4.97. The van der Waals surface area contributed by atoms with Crippen LogP contribution in [0.5, 0.6) is 0 Å².